The van der Waals surface area contributed by atoms with Gasteiger partial charge in [-0.3, -0.25) is 4.79 Å². The van der Waals surface area contributed by atoms with E-state index in [0.717, 1.165) is 5.57 Å². The van der Waals surface area contributed by atoms with Gasteiger partial charge in [0.25, 0.3) is 0 Å². The van der Waals surface area contributed by atoms with E-state index in [9.17, 15) is 14.7 Å². The van der Waals surface area contributed by atoms with Crippen LogP contribution in [0.5, 0.6) is 0 Å². The number of carbonyl (C=O) groups excluding carboxylic acids is 2. The zero-order chi connectivity index (χ0) is 15.3. The number of ether oxygens (including phenoxy) is 2. The molecule has 1 N–H and O–H groups in total. The number of nitrogens with zero attached hydrogens (tertiary/aromatic N) is 1. The minimum absolute atomic E-state index is 0.129. The molecule has 0 aromatic carbocycles. The van der Waals surface area contributed by atoms with Crippen LogP contribution in [0, 0.1) is 5.92 Å². The average Bonchev–Trinajstić information content (AvgIpc) is 2.58. The van der Waals surface area contributed by atoms with Gasteiger partial charge in [-0.2, -0.15) is 0 Å². The number of aliphatic hydroxyl groups is 1. The fourth-order valence-electron chi connectivity index (χ4n) is 1.97. The van der Waals surface area contributed by atoms with Crippen molar-refractivity contribution in [3.8, 4) is 0 Å². The molecule has 0 bridgehead atoms. The zero-order valence-electron chi connectivity index (χ0n) is 12.5. The SMILES string of the molecule is COC(=O)C1CC(CO)=CCN(C(=O)OC(C)(C)C)C1. The van der Waals surface area contributed by atoms with E-state index < -0.39 is 17.6 Å². The lowest BCUT2D eigenvalue weighted by Gasteiger charge is -2.27. The van der Waals surface area contributed by atoms with Crippen molar-refractivity contribution in [3.63, 3.8) is 0 Å². The number of carbonyl (C=O) groups is 2. The molecule has 1 heterocycles. The Morgan fingerprint density at radius 2 is 2.10 bits per heavy atom. The van der Waals surface area contributed by atoms with Gasteiger partial charge in [0.2, 0.25) is 0 Å². The molecular formula is C14H23NO5. The Labute approximate surface area is 119 Å². The lowest BCUT2D eigenvalue weighted by atomic mass is 10.0. The molecule has 1 atom stereocenters. The van der Waals surface area contributed by atoms with Gasteiger partial charge in [-0.1, -0.05) is 6.08 Å². The van der Waals surface area contributed by atoms with Gasteiger partial charge in [0.15, 0.2) is 0 Å². The maximum Gasteiger partial charge on any atom is 0.410 e. The first-order chi connectivity index (χ1) is 9.26. The van der Waals surface area contributed by atoms with Gasteiger partial charge in [-0.25, -0.2) is 4.79 Å². The second-order valence-electron chi connectivity index (χ2n) is 5.83. The van der Waals surface area contributed by atoms with Gasteiger partial charge in [-0.15, -0.1) is 0 Å². The highest BCUT2D eigenvalue weighted by atomic mass is 16.6. The molecule has 0 aromatic rings. The molecule has 0 radical (unpaired) electrons. The zero-order valence-corrected chi connectivity index (χ0v) is 12.5. The molecule has 0 spiro atoms. The number of methoxy groups -OCH3 is 1. The Hall–Kier alpha value is -1.56. The number of rotatable bonds is 2. The van der Waals surface area contributed by atoms with Gasteiger partial charge in [0, 0.05) is 13.1 Å². The van der Waals surface area contributed by atoms with E-state index in [1.54, 1.807) is 26.8 Å². The fourth-order valence-corrected chi connectivity index (χ4v) is 1.97. The van der Waals surface area contributed by atoms with Crippen molar-refractivity contribution in [1.82, 2.24) is 4.90 Å². The summed E-state index contributed by atoms with van der Waals surface area (Å²) >= 11 is 0. The topological polar surface area (TPSA) is 76.1 Å². The van der Waals surface area contributed by atoms with E-state index in [4.69, 9.17) is 9.47 Å². The second kappa shape index (κ2) is 6.74. The van der Waals surface area contributed by atoms with E-state index in [2.05, 4.69) is 0 Å². The molecule has 0 aliphatic carbocycles. The molecule has 1 unspecified atom stereocenters. The molecule has 20 heavy (non-hydrogen) atoms. The molecule has 6 heteroatoms. The van der Waals surface area contributed by atoms with Crippen LogP contribution in [0.1, 0.15) is 27.2 Å². The summed E-state index contributed by atoms with van der Waals surface area (Å²) in [7, 11) is 1.31. The van der Waals surface area contributed by atoms with E-state index in [1.165, 1.54) is 12.0 Å². The summed E-state index contributed by atoms with van der Waals surface area (Å²) in [6, 6.07) is 0. The Morgan fingerprint density at radius 1 is 1.45 bits per heavy atom. The molecule has 1 aliphatic heterocycles. The van der Waals surface area contributed by atoms with E-state index in [1.807, 2.05) is 0 Å². The van der Waals surface area contributed by atoms with Gasteiger partial charge in [0.05, 0.1) is 19.6 Å². The van der Waals surface area contributed by atoms with Gasteiger partial charge in [0.1, 0.15) is 5.60 Å². The fraction of sp³-hybridized carbons (Fsp3) is 0.714. The van der Waals surface area contributed by atoms with Gasteiger partial charge >= 0.3 is 12.1 Å². The Balaban J connectivity index is 2.83. The largest absolute Gasteiger partial charge is 0.469 e. The molecule has 0 aromatic heterocycles. The van der Waals surface area contributed by atoms with Crippen LogP contribution in [0.25, 0.3) is 0 Å². The van der Waals surface area contributed by atoms with Crippen LogP contribution in [0.2, 0.25) is 0 Å². The van der Waals surface area contributed by atoms with Crippen molar-refractivity contribution < 1.29 is 24.2 Å². The third-order valence-electron chi connectivity index (χ3n) is 2.94. The summed E-state index contributed by atoms with van der Waals surface area (Å²) in [5.74, 6) is -0.867. The first-order valence-electron chi connectivity index (χ1n) is 6.61. The molecule has 0 saturated heterocycles. The van der Waals surface area contributed by atoms with Crippen LogP contribution in [0.4, 0.5) is 4.79 Å². The third kappa shape index (κ3) is 4.85. The highest BCUT2D eigenvalue weighted by molar-refractivity contribution is 5.75. The van der Waals surface area contributed by atoms with Crippen LogP contribution in [0.15, 0.2) is 11.6 Å². The maximum atomic E-state index is 12.1. The number of amides is 1. The van der Waals surface area contributed by atoms with Crippen LogP contribution in [-0.4, -0.2) is 54.5 Å². The summed E-state index contributed by atoms with van der Waals surface area (Å²) in [4.78, 5) is 25.3. The molecule has 0 fully saturated rings. The third-order valence-corrected chi connectivity index (χ3v) is 2.94. The Bertz CT molecular complexity index is 397. The lowest BCUT2D eigenvalue weighted by Crippen LogP contribution is -2.40. The molecule has 1 rings (SSSR count). The quantitative estimate of drug-likeness (QED) is 0.612. The number of hydrogen-bond acceptors (Lipinski definition) is 5. The number of esters is 1. The standard InChI is InChI=1S/C14H23NO5/c1-14(2,3)20-13(18)15-6-5-10(9-16)7-11(8-15)12(17)19-4/h5,11,16H,6-9H2,1-4H3. The Morgan fingerprint density at radius 3 is 2.60 bits per heavy atom. The summed E-state index contributed by atoms with van der Waals surface area (Å²) in [6.45, 7) is 5.77. The highest BCUT2D eigenvalue weighted by Crippen LogP contribution is 2.20. The summed E-state index contributed by atoms with van der Waals surface area (Å²) < 4.78 is 10.0. The van der Waals surface area contributed by atoms with E-state index >= 15 is 0 Å². The predicted molar refractivity (Wildman–Crippen MR) is 73.1 cm³/mol. The number of hydrogen-bond donors (Lipinski definition) is 1. The molecule has 114 valence electrons. The summed E-state index contributed by atoms with van der Waals surface area (Å²) in [5.41, 5.74) is 0.139. The van der Waals surface area contributed by atoms with E-state index in [0.29, 0.717) is 13.0 Å². The smallest absolute Gasteiger partial charge is 0.410 e. The van der Waals surface area contributed by atoms with Crippen molar-refractivity contribution in [2.24, 2.45) is 5.92 Å². The lowest BCUT2D eigenvalue weighted by molar-refractivity contribution is -0.145. The van der Waals surface area contributed by atoms with Crippen molar-refractivity contribution >= 4 is 12.1 Å². The van der Waals surface area contributed by atoms with Gasteiger partial charge < -0.3 is 19.5 Å². The molecule has 6 nitrogen and oxygen atoms in total. The highest BCUT2D eigenvalue weighted by Gasteiger charge is 2.30. The van der Waals surface area contributed by atoms with Crippen LogP contribution < -0.4 is 0 Å². The molecule has 1 amide bonds. The first-order valence-corrected chi connectivity index (χ1v) is 6.61. The first kappa shape index (κ1) is 16.5. The van der Waals surface area contributed by atoms with Crippen LogP contribution in [-0.2, 0) is 14.3 Å². The van der Waals surface area contributed by atoms with Gasteiger partial charge in [-0.05, 0) is 32.8 Å². The predicted octanol–water partition coefficient (Wildman–Crippen LogP) is 1.34. The molecular weight excluding hydrogens is 262 g/mol. The maximum absolute atomic E-state index is 12.1. The van der Waals surface area contributed by atoms with Crippen molar-refractivity contribution in [3.05, 3.63) is 11.6 Å². The average molecular weight is 285 g/mol. The Kier molecular flexibility index (Phi) is 5.56. The monoisotopic (exact) mass is 285 g/mol. The molecule has 0 saturated carbocycles. The second-order valence-corrected chi connectivity index (χ2v) is 5.83. The van der Waals surface area contributed by atoms with Crippen molar-refractivity contribution in [2.45, 2.75) is 32.8 Å². The van der Waals surface area contributed by atoms with Crippen LogP contribution >= 0.6 is 0 Å². The van der Waals surface area contributed by atoms with Crippen molar-refractivity contribution in [1.29, 1.82) is 0 Å². The van der Waals surface area contributed by atoms with Crippen LogP contribution in [0.3, 0.4) is 0 Å². The van der Waals surface area contributed by atoms with E-state index in [-0.39, 0.29) is 19.1 Å². The minimum atomic E-state index is -0.590. The summed E-state index contributed by atoms with van der Waals surface area (Å²) in [5, 5.41) is 9.24. The normalized spacial score (nSPS) is 19.9. The number of aliphatic hydroxyl groups excluding tert-OH is 1. The van der Waals surface area contributed by atoms with Crippen molar-refractivity contribution in [2.75, 3.05) is 26.8 Å². The molecule has 1 aliphatic rings. The minimum Gasteiger partial charge on any atom is -0.469 e. The summed E-state index contributed by atoms with van der Waals surface area (Å²) in [6.07, 6.45) is 1.68.